The molecule has 122 valence electrons. The first kappa shape index (κ1) is 15.7. The smallest absolute Gasteiger partial charge is 0.319 e. The third kappa shape index (κ3) is 3.10. The van der Waals surface area contributed by atoms with Crippen LogP contribution in [0.15, 0.2) is 48.5 Å². The molecule has 0 aliphatic carbocycles. The van der Waals surface area contributed by atoms with Gasteiger partial charge in [0.2, 0.25) is 0 Å². The molecule has 2 N–H and O–H groups in total. The van der Waals surface area contributed by atoms with Gasteiger partial charge < -0.3 is 10.6 Å². The van der Waals surface area contributed by atoms with E-state index in [0.29, 0.717) is 16.8 Å². The Hall–Kier alpha value is -3.22. The number of hydrogen-bond donors (Lipinski definition) is 2. The quantitative estimate of drug-likeness (QED) is 0.846. The molecule has 3 rings (SSSR count). The number of anilines is 1. The molecular weight excluding hydrogens is 313 g/mol. The highest BCUT2D eigenvalue weighted by atomic mass is 19.1. The van der Waals surface area contributed by atoms with Crippen LogP contribution >= 0.6 is 0 Å². The van der Waals surface area contributed by atoms with Crippen LogP contribution in [0.1, 0.15) is 20.7 Å². The van der Waals surface area contributed by atoms with E-state index in [-0.39, 0.29) is 24.9 Å². The Balaban J connectivity index is 1.53. The van der Waals surface area contributed by atoms with Crippen molar-refractivity contribution in [2.75, 3.05) is 18.4 Å². The van der Waals surface area contributed by atoms with Gasteiger partial charge in [-0.2, -0.15) is 0 Å². The molecule has 6 nitrogen and oxygen atoms in total. The number of benzene rings is 2. The van der Waals surface area contributed by atoms with Gasteiger partial charge in [-0.15, -0.1) is 0 Å². The molecule has 0 saturated carbocycles. The fourth-order valence-corrected chi connectivity index (χ4v) is 2.46. The Morgan fingerprint density at radius 2 is 1.67 bits per heavy atom. The maximum atomic E-state index is 13.0. The number of urea groups is 1. The number of nitrogens with one attached hydrogen (secondary N) is 2. The van der Waals surface area contributed by atoms with Crippen LogP contribution in [0.25, 0.3) is 0 Å². The second-order valence-corrected chi connectivity index (χ2v) is 5.20. The van der Waals surface area contributed by atoms with Crippen LogP contribution in [0.3, 0.4) is 0 Å². The topological polar surface area (TPSA) is 78.5 Å². The normalized spacial score (nSPS) is 13.0. The van der Waals surface area contributed by atoms with E-state index < -0.39 is 11.8 Å². The maximum Gasteiger partial charge on any atom is 0.319 e. The van der Waals surface area contributed by atoms with Gasteiger partial charge in [0.05, 0.1) is 11.1 Å². The molecule has 4 amide bonds. The van der Waals surface area contributed by atoms with Crippen LogP contribution in [0.5, 0.6) is 0 Å². The number of halogens is 1. The minimum atomic E-state index is -0.544. The van der Waals surface area contributed by atoms with E-state index in [0.717, 1.165) is 4.90 Å². The summed E-state index contributed by atoms with van der Waals surface area (Å²) in [5.41, 5.74) is 1.05. The molecule has 2 aromatic rings. The van der Waals surface area contributed by atoms with Crippen LogP contribution in [0, 0.1) is 5.82 Å². The van der Waals surface area contributed by atoms with E-state index in [2.05, 4.69) is 10.6 Å². The molecule has 24 heavy (non-hydrogen) atoms. The highest BCUT2D eigenvalue weighted by Gasteiger charge is 2.34. The van der Waals surface area contributed by atoms with Crippen molar-refractivity contribution in [3.63, 3.8) is 0 Å². The summed E-state index contributed by atoms with van der Waals surface area (Å²) < 4.78 is 13.0. The van der Waals surface area contributed by atoms with Crippen LogP contribution in [0.4, 0.5) is 14.9 Å². The summed E-state index contributed by atoms with van der Waals surface area (Å²) in [6, 6.07) is 11.5. The van der Waals surface area contributed by atoms with E-state index in [9.17, 15) is 18.8 Å². The average Bonchev–Trinajstić information content (AvgIpc) is 2.80. The zero-order chi connectivity index (χ0) is 17.1. The molecule has 0 fully saturated rings. The molecule has 2 aromatic carbocycles. The lowest BCUT2D eigenvalue weighted by Crippen LogP contribution is -2.39. The molecule has 1 aliphatic heterocycles. The van der Waals surface area contributed by atoms with Gasteiger partial charge in [0.1, 0.15) is 5.82 Å². The number of fused-ring (bicyclic) bond motifs is 1. The first-order valence-electron chi connectivity index (χ1n) is 7.32. The third-order valence-electron chi connectivity index (χ3n) is 3.58. The van der Waals surface area contributed by atoms with Crippen molar-refractivity contribution in [1.29, 1.82) is 0 Å². The lowest BCUT2D eigenvalue weighted by Gasteiger charge is -2.14. The monoisotopic (exact) mass is 327 g/mol. The molecule has 0 atom stereocenters. The fraction of sp³-hybridized carbons (Fsp3) is 0.118. The summed E-state index contributed by atoms with van der Waals surface area (Å²) in [5.74, 6) is -1.20. The zero-order valence-electron chi connectivity index (χ0n) is 12.6. The van der Waals surface area contributed by atoms with Crippen molar-refractivity contribution >= 4 is 23.5 Å². The number of nitrogens with zero attached hydrogens (tertiary/aromatic N) is 1. The minimum Gasteiger partial charge on any atom is -0.336 e. The van der Waals surface area contributed by atoms with Crippen LogP contribution in [0.2, 0.25) is 0 Å². The van der Waals surface area contributed by atoms with Gasteiger partial charge in [-0.25, -0.2) is 9.18 Å². The first-order valence-corrected chi connectivity index (χ1v) is 7.32. The molecule has 0 saturated heterocycles. The van der Waals surface area contributed by atoms with Crippen molar-refractivity contribution in [3.05, 3.63) is 65.5 Å². The van der Waals surface area contributed by atoms with Gasteiger partial charge in [-0.1, -0.05) is 18.2 Å². The van der Waals surface area contributed by atoms with Crippen LogP contribution in [-0.2, 0) is 0 Å². The van der Waals surface area contributed by atoms with Crippen molar-refractivity contribution in [2.45, 2.75) is 0 Å². The van der Waals surface area contributed by atoms with Gasteiger partial charge in [-0.05, 0) is 30.3 Å². The summed E-state index contributed by atoms with van der Waals surface area (Å²) in [7, 11) is 0. The lowest BCUT2D eigenvalue weighted by atomic mass is 10.1. The van der Waals surface area contributed by atoms with Gasteiger partial charge >= 0.3 is 6.03 Å². The van der Waals surface area contributed by atoms with Crippen molar-refractivity contribution in [3.8, 4) is 0 Å². The molecule has 0 unspecified atom stereocenters. The Morgan fingerprint density at radius 3 is 2.29 bits per heavy atom. The van der Waals surface area contributed by atoms with E-state index >= 15 is 0 Å². The first-order chi connectivity index (χ1) is 11.6. The van der Waals surface area contributed by atoms with Crippen molar-refractivity contribution in [2.24, 2.45) is 0 Å². The van der Waals surface area contributed by atoms with E-state index in [4.69, 9.17) is 0 Å². The lowest BCUT2D eigenvalue weighted by molar-refractivity contribution is 0.0656. The molecule has 1 heterocycles. The SMILES string of the molecule is O=C(NCCN1C(=O)c2ccccc2C1=O)Nc1cccc(F)c1. The van der Waals surface area contributed by atoms with Crippen molar-refractivity contribution < 1.29 is 18.8 Å². The largest absolute Gasteiger partial charge is 0.336 e. The Morgan fingerprint density at radius 1 is 1.00 bits per heavy atom. The average molecular weight is 327 g/mol. The Bertz CT molecular complexity index is 787. The predicted octanol–water partition coefficient (Wildman–Crippen LogP) is 2.24. The number of carbonyl (C=O) groups excluding carboxylic acids is 3. The standard InChI is InChI=1S/C17H14FN3O3/c18-11-4-3-5-12(10-11)20-17(24)19-8-9-21-15(22)13-6-1-2-7-14(13)16(21)23/h1-7,10H,8-9H2,(H2,19,20,24). The summed E-state index contributed by atoms with van der Waals surface area (Å²) >= 11 is 0. The second-order valence-electron chi connectivity index (χ2n) is 5.20. The summed E-state index contributed by atoms with van der Waals surface area (Å²) in [4.78, 5) is 37.1. The maximum absolute atomic E-state index is 13.0. The van der Waals surface area contributed by atoms with E-state index in [1.165, 1.54) is 18.2 Å². The van der Waals surface area contributed by atoms with Crippen molar-refractivity contribution in [1.82, 2.24) is 10.2 Å². The van der Waals surface area contributed by atoms with Gasteiger partial charge in [0, 0.05) is 18.8 Å². The predicted molar refractivity (Wildman–Crippen MR) is 85.2 cm³/mol. The van der Waals surface area contributed by atoms with Gasteiger partial charge in [-0.3, -0.25) is 14.5 Å². The number of carbonyl (C=O) groups is 3. The fourth-order valence-electron chi connectivity index (χ4n) is 2.46. The molecule has 1 aliphatic rings. The van der Waals surface area contributed by atoms with Crippen LogP contribution < -0.4 is 10.6 Å². The molecule has 0 aromatic heterocycles. The number of rotatable bonds is 4. The molecule has 0 radical (unpaired) electrons. The molecule has 0 bridgehead atoms. The van der Waals surface area contributed by atoms with E-state index in [1.54, 1.807) is 30.3 Å². The Labute approximate surface area is 137 Å². The highest BCUT2D eigenvalue weighted by molar-refractivity contribution is 6.21. The molecule has 0 spiro atoms. The number of hydrogen-bond acceptors (Lipinski definition) is 3. The Kier molecular flexibility index (Phi) is 4.24. The number of amides is 4. The summed E-state index contributed by atoms with van der Waals surface area (Å²) in [5, 5.41) is 5.00. The molecule has 7 heteroatoms. The van der Waals surface area contributed by atoms with Crippen LogP contribution in [-0.4, -0.2) is 35.8 Å². The minimum absolute atomic E-state index is 0.0584. The van der Waals surface area contributed by atoms with Gasteiger partial charge in [0.25, 0.3) is 11.8 Å². The highest BCUT2D eigenvalue weighted by Crippen LogP contribution is 2.21. The number of imide groups is 1. The second kappa shape index (κ2) is 6.49. The molecular formula is C17H14FN3O3. The third-order valence-corrected chi connectivity index (χ3v) is 3.58. The zero-order valence-corrected chi connectivity index (χ0v) is 12.6. The summed E-state index contributed by atoms with van der Waals surface area (Å²) in [6.07, 6.45) is 0. The van der Waals surface area contributed by atoms with E-state index in [1.807, 2.05) is 0 Å². The summed E-state index contributed by atoms with van der Waals surface area (Å²) in [6.45, 7) is 0.148. The van der Waals surface area contributed by atoms with Gasteiger partial charge in [0.15, 0.2) is 0 Å².